The molecule has 2 aromatic heterocycles. The van der Waals surface area contributed by atoms with Crippen molar-refractivity contribution in [3.05, 3.63) is 84.4 Å². The first-order valence-electron chi connectivity index (χ1n) is 13.2. The normalized spacial score (nSPS) is 13.7. The predicted molar refractivity (Wildman–Crippen MR) is 155 cm³/mol. The van der Waals surface area contributed by atoms with Crippen molar-refractivity contribution in [3.8, 4) is 0 Å². The average molecular weight is 598 g/mol. The number of ether oxygens (including phenoxy) is 1. The Bertz CT molecular complexity index is 1330. The zero-order valence-corrected chi connectivity index (χ0v) is 23.7. The van der Waals surface area contributed by atoms with Crippen molar-refractivity contribution in [3.63, 3.8) is 0 Å². The summed E-state index contributed by atoms with van der Waals surface area (Å²) in [4.78, 5) is 52.5. The van der Waals surface area contributed by atoms with Gasteiger partial charge in [0.25, 0.3) is 0 Å². The van der Waals surface area contributed by atoms with Crippen molar-refractivity contribution >= 4 is 35.0 Å². The Hall–Kier alpha value is -4.92. The van der Waals surface area contributed by atoms with Crippen LogP contribution in [-0.2, 0) is 43.6 Å². The molecule has 3 heterocycles. The largest absolute Gasteiger partial charge is 0.478 e. The Labute approximate surface area is 247 Å². The topological polar surface area (TPSA) is 196 Å². The molecular weight excluding hydrogens is 562 g/mol. The third-order valence-electron chi connectivity index (χ3n) is 5.85. The number of pyridine rings is 1. The van der Waals surface area contributed by atoms with Crippen LogP contribution in [-0.4, -0.2) is 108 Å². The molecule has 1 aromatic carbocycles. The van der Waals surface area contributed by atoms with Crippen LogP contribution in [0.2, 0.25) is 0 Å². The molecule has 1 aliphatic rings. The van der Waals surface area contributed by atoms with Crippen molar-refractivity contribution in [1.29, 1.82) is 0 Å². The predicted octanol–water partition coefficient (Wildman–Crippen LogP) is 1.82. The Morgan fingerprint density at radius 1 is 0.814 bits per heavy atom. The number of fused-ring (bicyclic) bond motifs is 1. The van der Waals surface area contributed by atoms with Gasteiger partial charge in [-0.15, -0.1) is 0 Å². The molecule has 14 heteroatoms. The third-order valence-corrected chi connectivity index (χ3v) is 5.85. The number of nitrogens with zero attached hydrogens (tertiary/aromatic N) is 5. The number of rotatable bonds is 11. The average Bonchev–Trinajstić information content (AvgIpc) is 3.32. The Balaban J connectivity index is 0.000000334. The molecule has 0 atom stereocenters. The van der Waals surface area contributed by atoms with E-state index >= 15 is 0 Å². The summed E-state index contributed by atoms with van der Waals surface area (Å²) in [6, 6.07) is 14.3. The molecule has 1 saturated heterocycles. The fraction of sp³-hybridized carbons (Fsp3) is 0.310. The molecule has 0 radical (unpaired) electrons. The number of aromatic nitrogens is 3. The first-order chi connectivity index (χ1) is 20.5. The van der Waals surface area contributed by atoms with Crippen molar-refractivity contribution in [2.75, 3.05) is 39.8 Å². The lowest BCUT2D eigenvalue weighted by Gasteiger charge is -2.32. The van der Waals surface area contributed by atoms with Gasteiger partial charge in [-0.2, -0.15) is 0 Å². The highest BCUT2D eigenvalue weighted by Crippen LogP contribution is 2.16. The fourth-order valence-corrected chi connectivity index (χ4v) is 3.77. The summed E-state index contributed by atoms with van der Waals surface area (Å²) < 4.78 is 8.13. The molecule has 0 aliphatic carbocycles. The van der Waals surface area contributed by atoms with E-state index in [0.717, 1.165) is 56.3 Å². The Kier molecular flexibility index (Phi) is 14.7. The van der Waals surface area contributed by atoms with Crippen LogP contribution in [0.5, 0.6) is 0 Å². The van der Waals surface area contributed by atoms with Gasteiger partial charge in [0.15, 0.2) is 5.65 Å². The third kappa shape index (κ3) is 14.0. The second-order valence-corrected chi connectivity index (χ2v) is 9.16. The van der Waals surface area contributed by atoms with Crippen LogP contribution in [0.1, 0.15) is 11.4 Å². The summed E-state index contributed by atoms with van der Waals surface area (Å²) in [5.41, 5.74) is 3.11. The number of hydrogen-bond donors (Lipinski definition) is 4. The lowest BCUT2D eigenvalue weighted by molar-refractivity contribution is -0.134. The van der Waals surface area contributed by atoms with E-state index in [0.29, 0.717) is 37.5 Å². The van der Waals surface area contributed by atoms with E-state index in [9.17, 15) is 19.2 Å². The van der Waals surface area contributed by atoms with E-state index < -0.39 is 23.9 Å². The van der Waals surface area contributed by atoms with Crippen LogP contribution in [0, 0.1) is 0 Å². The zero-order valence-electron chi connectivity index (χ0n) is 23.7. The number of hydrogen-bond acceptors (Lipinski definition) is 9. The van der Waals surface area contributed by atoms with Gasteiger partial charge in [-0.25, -0.2) is 29.1 Å². The number of piperazine rings is 1. The minimum atomic E-state index is -1.26. The van der Waals surface area contributed by atoms with Crippen molar-refractivity contribution < 1.29 is 44.3 Å². The van der Waals surface area contributed by atoms with Gasteiger partial charge in [0.1, 0.15) is 11.3 Å². The highest BCUT2D eigenvalue weighted by molar-refractivity contribution is 5.90. The first kappa shape index (κ1) is 34.3. The van der Waals surface area contributed by atoms with Crippen molar-refractivity contribution in [2.45, 2.75) is 19.7 Å². The molecule has 3 aromatic rings. The number of carboxylic acids is 4. The molecule has 0 bridgehead atoms. The van der Waals surface area contributed by atoms with Crippen LogP contribution in [0.15, 0.2) is 73.0 Å². The molecule has 14 nitrogen and oxygen atoms in total. The maximum absolute atomic E-state index is 9.55. The van der Waals surface area contributed by atoms with Gasteiger partial charge in [0.05, 0.1) is 19.8 Å². The minimum Gasteiger partial charge on any atom is -0.478 e. The van der Waals surface area contributed by atoms with Gasteiger partial charge in [0, 0.05) is 63.2 Å². The summed E-state index contributed by atoms with van der Waals surface area (Å²) >= 11 is 0. The number of imidazole rings is 1. The van der Waals surface area contributed by atoms with Gasteiger partial charge in [-0.05, 0) is 24.7 Å². The van der Waals surface area contributed by atoms with Crippen LogP contribution in [0.4, 0.5) is 0 Å². The van der Waals surface area contributed by atoms with Crippen LogP contribution in [0.25, 0.3) is 11.2 Å². The standard InChI is InChI=1S/C21H27N5O.2C4H4O4/c1-24-10-12-25(13-11-24)16-20-23-19-8-5-9-22-21(19)26(20)14-15-27-17-18-6-3-2-4-7-18;2*5-3(6)1-2-4(7)8/h2-9H,10-17H2,1H3;2*1-2H,(H,5,6)(H,7,8). The van der Waals surface area contributed by atoms with Gasteiger partial charge in [0.2, 0.25) is 0 Å². The van der Waals surface area contributed by atoms with Crippen molar-refractivity contribution in [2.24, 2.45) is 0 Å². The smallest absolute Gasteiger partial charge is 0.328 e. The van der Waals surface area contributed by atoms with Gasteiger partial charge in [-0.3, -0.25) is 4.90 Å². The lowest BCUT2D eigenvalue weighted by Crippen LogP contribution is -2.44. The minimum absolute atomic E-state index is 0.558. The number of carboxylic acid groups (broad SMARTS) is 4. The van der Waals surface area contributed by atoms with E-state index in [-0.39, 0.29) is 0 Å². The monoisotopic (exact) mass is 597 g/mol. The first-order valence-corrected chi connectivity index (χ1v) is 13.2. The number of aliphatic carboxylic acids is 4. The molecule has 0 unspecified atom stereocenters. The molecule has 0 amide bonds. The van der Waals surface area contributed by atoms with Gasteiger partial charge < -0.3 is 34.6 Å². The number of likely N-dealkylation sites (N-methyl/N-ethyl adjacent to an activating group) is 1. The summed E-state index contributed by atoms with van der Waals surface area (Å²) in [6.45, 7) is 7.29. The van der Waals surface area contributed by atoms with E-state index in [1.807, 2.05) is 36.5 Å². The zero-order chi connectivity index (χ0) is 31.6. The molecule has 230 valence electrons. The molecule has 0 saturated carbocycles. The van der Waals surface area contributed by atoms with Crippen LogP contribution < -0.4 is 0 Å². The van der Waals surface area contributed by atoms with Gasteiger partial charge >= 0.3 is 23.9 Å². The van der Waals surface area contributed by atoms with Gasteiger partial charge in [-0.1, -0.05) is 30.3 Å². The molecule has 1 aliphatic heterocycles. The van der Waals surface area contributed by atoms with E-state index in [1.165, 1.54) is 5.56 Å². The highest BCUT2D eigenvalue weighted by atomic mass is 16.5. The van der Waals surface area contributed by atoms with E-state index in [2.05, 4.69) is 38.5 Å². The summed E-state index contributed by atoms with van der Waals surface area (Å²) in [6.07, 6.45) is 4.07. The van der Waals surface area contributed by atoms with Crippen LogP contribution in [0.3, 0.4) is 0 Å². The molecule has 0 spiro atoms. The van der Waals surface area contributed by atoms with E-state index in [4.69, 9.17) is 30.1 Å². The quantitative estimate of drug-likeness (QED) is 0.185. The highest BCUT2D eigenvalue weighted by Gasteiger charge is 2.18. The van der Waals surface area contributed by atoms with E-state index in [1.54, 1.807) is 0 Å². The summed E-state index contributed by atoms with van der Waals surface area (Å²) in [5.74, 6) is -3.95. The Morgan fingerprint density at radius 2 is 1.37 bits per heavy atom. The number of benzene rings is 1. The molecule has 4 N–H and O–H groups in total. The molecule has 1 fully saturated rings. The number of carbonyl (C=O) groups is 4. The van der Waals surface area contributed by atoms with Crippen molar-refractivity contribution in [1.82, 2.24) is 24.3 Å². The Morgan fingerprint density at radius 3 is 1.91 bits per heavy atom. The second kappa shape index (κ2) is 18.5. The summed E-state index contributed by atoms with van der Waals surface area (Å²) in [7, 11) is 2.18. The molecule has 4 rings (SSSR count). The SMILES string of the molecule is CN1CCN(Cc2nc3cccnc3n2CCOCc2ccccc2)CC1.O=C(O)C=CC(=O)O.O=C(O)C=CC(=O)O. The molecular formula is C29H35N5O9. The second-order valence-electron chi connectivity index (χ2n) is 9.16. The fourth-order valence-electron chi connectivity index (χ4n) is 3.77. The maximum atomic E-state index is 9.55. The summed E-state index contributed by atoms with van der Waals surface area (Å²) in [5, 5.41) is 31.2. The lowest BCUT2D eigenvalue weighted by atomic mass is 10.2. The van der Waals surface area contributed by atoms with Crippen LogP contribution >= 0.6 is 0 Å². The maximum Gasteiger partial charge on any atom is 0.328 e. The molecule has 43 heavy (non-hydrogen) atoms.